The van der Waals surface area contributed by atoms with Crippen LogP contribution in [0.15, 0.2) is 11.6 Å². The van der Waals surface area contributed by atoms with Crippen LogP contribution in [0.25, 0.3) is 0 Å². The molecule has 1 unspecified atom stereocenters. The van der Waals surface area contributed by atoms with E-state index in [1.807, 2.05) is 26.8 Å². The number of hydrogen-bond acceptors (Lipinski definition) is 4. The molecule has 0 amide bonds. The number of carbonyl (C=O) groups is 1. The summed E-state index contributed by atoms with van der Waals surface area (Å²) in [5, 5.41) is -5.14. The van der Waals surface area contributed by atoms with Gasteiger partial charge in [0.2, 0.25) is 0 Å². The van der Waals surface area contributed by atoms with Crippen molar-refractivity contribution < 1.29 is 30.6 Å². The summed E-state index contributed by atoms with van der Waals surface area (Å²) >= 11 is 0. The molecule has 20 heavy (non-hydrogen) atoms. The molecule has 0 fully saturated rings. The van der Waals surface area contributed by atoms with E-state index in [0.29, 0.717) is 6.42 Å². The number of ether oxygens (including phenoxy) is 1. The first-order chi connectivity index (χ1) is 8.98. The van der Waals surface area contributed by atoms with Crippen molar-refractivity contribution in [2.24, 2.45) is 5.92 Å². The summed E-state index contributed by atoms with van der Waals surface area (Å²) in [5.41, 5.74) is 1.16. The Morgan fingerprint density at radius 2 is 1.85 bits per heavy atom. The van der Waals surface area contributed by atoms with Crippen LogP contribution in [0.3, 0.4) is 0 Å². The Morgan fingerprint density at radius 1 is 1.30 bits per heavy atom. The standard InChI is InChI=1S/C12H19F3O4S/c1-9(2)5-4-6-10(3)7-8-19-11(16)12(13,14)20(15,17)18/h5,10H,4,6-8H2,1-3H3. The van der Waals surface area contributed by atoms with Gasteiger partial charge in [0, 0.05) is 0 Å². The summed E-state index contributed by atoms with van der Waals surface area (Å²) in [6, 6.07) is 0. The van der Waals surface area contributed by atoms with Crippen LogP contribution in [0, 0.1) is 5.92 Å². The van der Waals surface area contributed by atoms with E-state index in [0.717, 1.165) is 18.4 Å². The monoisotopic (exact) mass is 316 g/mol. The molecule has 0 radical (unpaired) electrons. The molecule has 0 saturated carbocycles. The molecular formula is C12H19F3O4S. The van der Waals surface area contributed by atoms with Crippen LogP contribution in [0.5, 0.6) is 0 Å². The van der Waals surface area contributed by atoms with Gasteiger partial charge in [-0.2, -0.15) is 17.2 Å². The lowest BCUT2D eigenvalue weighted by molar-refractivity contribution is -0.161. The van der Waals surface area contributed by atoms with Crippen LogP contribution in [0.4, 0.5) is 12.7 Å². The van der Waals surface area contributed by atoms with E-state index in [1.54, 1.807) is 0 Å². The van der Waals surface area contributed by atoms with Gasteiger partial charge in [0.05, 0.1) is 6.61 Å². The zero-order valence-corrected chi connectivity index (χ0v) is 12.5. The van der Waals surface area contributed by atoms with Gasteiger partial charge < -0.3 is 4.74 Å². The average molecular weight is 316 g/mol. The van der Waals surface area contributed by atoms with Crippen molar-refractivity contribution in [1.82, 2.24) is 0 Å². The van der Waals surface area contributed by atoms with Gasteiger partial charge in [0.15, 0.2) is 0 Å². The number of allylic oxidation sites excluding steroid dienone is 2. The van der Waals surface area contributed by atoms with E-state index in [9.17, 15) is 25.9 Å². The highest BCUT2D eigenvalue weighted by Crippen LogP contribution is 2.25. The van der Waals surface area contributed by atoms with Gasteiger partial charge in [-0.05, 0) is 39.0 Å². The molecule has 0 aliphatic carbocycles. The summed E-state index contributed by atoms with van der Waals surface area (Å²) in [7, 11) is -6.29. The van der Waals surface area contributed by atoms with Gasteiger partial charge in [0.1, 0.15) is 0 Å². The third kappa shape index (κ3) is 6.40. The summed E-state index contributed by atoms with van der Waals surface area (Å²) in [6.45, 7) is 5.37. The predicted octanol–water partition coefficient (Wildman–Crippen LogP) is 3.19. The fourth-order valence-electron chi connectivity index (χ4n) is 1.34. The van der Waals surface area contributed by atoms with E-state index in [2.05, 4.69) is 4.74 Å². The lowest BCUT2D eigenvalue weighted by atomic mass is 10.0. The number of alkyl halides is 2. The lowest BCUT2D eigenvalue weighted by Crippen LogP contribution is -2.37. The van der Waals surface area contributed by atoms with Crippen molar-refractivity contribution in [3.63, 3.8) is 0 Å². The largest absolute Gasteiger partial charge is 0.470 e. The molecule has 8 heteroatoms. The van der Waals surface area contributed by atoms with Crippen LogP contribution in [-0.2, 0) is 19.8 Å². The van der Waals surface area contributed by atoms with Crippen LogP contribution in [0.1, 0.15) is 40.0 Å². The van der Waals surface area contributed by atoms with E-state index in [-0.39, 0.29) is 12.5 Å². The molecule has 0 rings (SSSR count). The number of hydrogen-bond donors (Lipinski definition) is 0. The van der Waals surface area contributed by atoms with Crippen molar-refractivity contribution in [2.75, 3.05) is 6.61 Å². The Labute approximate surface area is 117 Å². The molecular weight excluding hydrogens is 297 g/mol. The number of carbonyl (C=O) groups excluding carboxylic acids is 1. The predicted molar refractivity (Wildman–Crippen MR) is 68.4 cm³/mol. The summed E-state index contributed by atoms with van der Waals surface area (Å²) < 4.78 is 61.8. The Hall–Kier alpha value is -1.05. The highest BCUT2D eigenvalue weighted by Gasteiger charge is 2.55. The third-order valence-corrected chi connectivity index (χ3v) is 3.38. The van der Waals surface area contributed by atoms with E-state index in [4.69, 9.17) is 0 Å². The van der Waals surface area contributed by atoms with Crippen molar-refractivity contribution in [2.45, 2.75) is 45.3 Å². The molecule has 0 aromatic heterocycles. The number of esters is 1. The topological polar surface area (TPSA) is 60.4 Å². The highest BCUT2D eigenvalue weighted by atomic mass is 32.3. The van der Waals surface area contributed by atoms with Crippen LogP contribution >= 0.6 is 0 Å². The quantitative estimate of drug-likeness (QED) is 0.392. The van der Waals surface area contributed by atoms with Gasteiger partial charge in [-0.25, -0.2) is 4.79 Å². The van der Waals surface area contributed by atoms with E-state index in [1.165, 1.54) is 0 Å². The van der Waals surface area contributed by atoms with Crippen molar-refractivity contribution in [3.05, 3.63) is 11.6 Å². The fourth-order valence-corrected chi connectivity index (χ4v) is 1.60. The second-order valence-corrected chi connectivity index (χ2v) is 6.23. The highest BCUT2D eigenvalue weighted by molar-refractivity contribution is 7.88. The molecule has 4 nitrogen and oxygen atoms in total. The Balaban J connectivity index is 4.13. The molecule has 118 valence electrons. The minimum absolute atomic E-state index is 0.106. The van der Waals surface area contributed by atoms with Gasteiger partial charge in [-0.15, -0.1) is 0 Å². The Bertz CT molecular complexity index is 453. The SMILES string of the molecule is CC(C)=CCCC(C)CCOC(=O)C(F)(F)S(=O)(=O)F. The zero-order valence-electron chi connectivity index (χ0n) is 11.7. The molecule has 0 spiro atoms. The van der Waals surface area contributed by atoms with Gasteiger partial charge >= 0.3 is 21.4 Å². The molecule has 0 aliphatic rings. The molecule has 0 aromatic carbocycles. The maximum atomic E-state index is 12.7. The normalized spacial score (nSPS) is 13.7. The van der Waals surface area contributed by atoms with Gasteiger partial charge in [0.25, 0.3) is 0 Å². The fraction of sp³-hybridized carbons (Fsp3) is 0.750. The lowest BCUT2D eigenvalue weighted by Gasteiger charge is -2.13. The first-order valence-corrected chi connectivity index (χ1v) is 7.49. The molecule has 0 aliphatic heterocycles. The molecule has 0 N–H and O–H groups in total. The minimum Gasteiger partial charge on any atom is -0.460 e. The summed E-state index contributed by atoms with van der Waals surface area (Å²) in [5.74, 6) is -2.27. The Kier molecular flexibility index (Phi) is 7.26. The Morgan fingerprint density at radius 3 is 2.30 bits per heavy atom. The third-order valence-electron chi connectivity index (χ3n) is 2.60. The van der Waals surface area contributed by atoms with Gasteiger partial charge in [-0.1, -0.05) is 22.5 Å². The first kappa shape index (κ1) is 18.9. The number of halogens is 3. The van der Waals surface area contributed by atoms with E-state index < -0.39 is 21.4 Å². The maximum absolute atomic E-state index is 12.7. The minimum atomic E-state index is -6.29. The van der Waals surface area contributed by atoms with Crippen molar-refractivity contribution >= 4 is 16.2 Å². The average Bonchev–Trinajstić information content (AvgIpc) is 2.26. The second kappa shape index (κ2) is 7.66. The summed E-state index contributed by atoms with van der Waals surface area (Å²) in [4.78, 5) is 10.8. The molecule has 0 saturated heterocycles. The zero-order chi connectivity index (χ0) is 16.0. The summed E-state index contributed by atoms with van der Waals surface area (Å²) in [6.07, 6.45) is 3.91. The van der Waals surface area contributed by atoms with Crippen LogP contribution in [-0.4, -0.2) is 26.2 Å². The molecule has 0 bridgehead atoms. The smallest absolute Gasteiger partial charge is 0.460 e. The maximum Gasteiger partial charge on any atom is 0.470 e. The van der Waals surface area contributed by atoms with Crippen molar-refractivity contribution in [1.29, 1.82) is 0 Å². The van der Waals surface area contributed by atoms with Crippen LogP contribution in [0.2, 0.25) is 0 Å². The van der Waals surface area contributed by atoms with Crippen LogP contribution < -0.4 is 0 Å². The second-order valence-electron chi connectivity index (χ2n) is 4.84. The molecule has 1 atom stereocenters. The number of rotatable bonds is 8. The molecule has 0 heterocycles. The van der Waals surface area contributed by atoms with Crippen molar-refractivity contribution in [3.8, 4) is 0 Å². The first-order valence-electron chi connectivity index (χ1n) is 6.11. The molecule has 0 aromatic rings. The van der Waals surface area contributed by atoms with Gasteiger partial charge in [-0.3, -0.25) is 0 Å². The van der Waals surface area contributed by atoms with E-state index >= 15 is 0 Å².